The normalized spacial score (nSPS) is 18.0. The van der Waals surface area contributed by atoms with Crippen molar-refractivity contribution in [1.82, 2.24) is 9.03 Å². The van der Waals surface area contributed by atoms with Crippen LogP contribution in [-0.4, -0.2) is 25.8 Å². The van der Waals surface area contributed by atoms with E-state index in [-0.39, 0.29) is 0 Å². The molecule has 0 atom stereocenters. The Morgan fingerprint density at radius 2 is 1.75 bits per heavy atom. The zero-order valence-corrected chi connectivity index (χ0v) is 13.5. The maximum atomic E-state index is 12.4. The van der Waals surface area contributed by atoms with Crippen LogP contribution in [0, 0.1) is 0 Å². The van der Waals surface area contributed by atoms with Crippen LogP contribution in [0.1, 0.15) is 38.7 Å². The maximum Gasteiger partial charge on any atom is 0.280 e. The summed E-state index contributed by atoms with van der Waals surface area (Å²) in [6, 6.07) is 7.43. The van der Waals surface area contributed by atoms with Gasteiger partial charge in [-0.2, -0.15) is 17.4 Å². The van der Waals surface area contributed by atoms with Crippen molar-refractivity contribution in [2.24, 2.45) is 0 Å². The molecule has 0 spiro atoms. The summed E-state index contributed by atoms with van der Waals surface area (Å²) in [5.41, 5.74) is 0.523. The lowest BCUT2D eigenvalue weighted by atomic mass is 9.73. The van der Waals surface area contributed by atoms with Crippen molar-refractivity contribution >= 4 is 21.8 Å². The molecule has 1 aromatic rings. The van der Waals surface area contributed by atoms with Crippen LogP contribution in [-0.2, 0) is 15.7 Å². The molecule has 1 fully saturated rings. The lowest BCUT2D eigenvalue weighted by Crippen LogP contribution is -2.55. The predicted octanol–water partition coefficient (Wildman–Crippen LogP) is 2.90. The zero-order chi connectivity index (χ0) is 14.8. The van der Waals surface area contributed by atoms with Crippen molar-refractivity contribution in [1.29, 1.82) is 0 Å². The number of hydrogen-bond donors (Lipinski definition) is 1. The Morgan fingerprint density at radius 1 is 1.20 bits per heavy atom. The number of nitrogens with zero attached hydrogens (tertiary/aromatic N) is 1. The van der Waals surface area contributed by atoms with Gasteiger partial charge in [0.15, 0.2) is 0 Å². The molecule has 0 unspecified atom stereocenters. The third kappa shape index (κ3) is 3.01. The molecule has 0 amide bonds. The molecular weight excluding hydrogens is 296 g/mol. The van der Waals surface area contributed by atoms with Crippen LogP contribution < -0.4 is 4.72 Å². The summed E-state index contributed by atoms with van der Waals surface area (Å²) in [4.78, 5) is 0. The summed E-state index contributed by atoms with van der Waals surface area (Å²) in [5, 5.41) is 0.662. The molecule has 0 radical (unpaired) electrons. The van der Waals surface area contributed by atoms with E-state index in [1.807, 2.05) is 38.1 Å². The minimum absolute atomic E-state index is 0.466. The second kappa shape index (κ2) is 6.02. The van der Waals surface area contributed by atoms with Crippen molar-refractivity contribution in [3.05, 3.63) is 34.9 Å². The number of rotatable bonds is 6. The van der Waals surface area contributed by atoms with E-state index in [2.05, 4.69) is 4.72 Å². The van der Waals surface area contributed by atoms with E-state index in [1.54, 1.807) is 0 Å². The van der Waals surface area contributed by atoms with Crippen LogP contribution in [0.2, 0.25) is 5.02 Å². The first kappa shape index (κ1) is 15.8. The minimum Gasteiger partial charge on any atom is -0.195 e. The first-order valence-corrected chi connectivity index (χ1v) is 8.80. The Labute approximate surface area is 126 Å². The Balaban J connectivity index is 2.26. The van der Waals surface area contributed by atoms with Gasteiger partial charge in [-0.1, -0.05) is 37.6 Å². The molecule has 1 aliphatic rings. The molecule has 6 heteroatoms. The van der Waals surface area contributed by atoms with Gasteiger partial charge in [0.25, 0.3) is 10.2 Å². The standard InChI is InChI=1S/C14H21ClN2O2S/c1-3-17(4-2)20(18,19)16-14(10-5-11-14)12-6-8-13(15)9-7-12/h6-9,16H,3-5,10-11H2,1-2H3. The van der Waals surface area contributed by atoms with E-state index < -0.39 is 15.7 Å². The van der Waals surface area contributed by atoms with Crippen molar-refractivity contribution in [2.75, 3.05) is 13.1 Å². The van der Waals surface area contributed by atoms with Gasteiger partial charge in [0, 0.05) is 18.1 Å². The number of benzene rings is 1. The fraction of sp³-hybridized carbons (Fsp3) is 0.571. The molecule has 0 aliphatic heterocycles. The van der Waals surface area contributed by atoms with Gasteiger partial charge < -0.3 is 0 Å². The van der Waals surface area contributed by atoms with Crippen LogP contribution >= 0.6 is 11.6 Å². The van der Waals surface area contributed by atoms with Crippen LogP contribution in [0.15, 0.2) is 24.3 Å². The summed E-state index contributed by atoms with van der Waals surface area (Å²) in [6.45, 7) is 4.64. The fourth-order valence-corrected chi connectivity index (χ4v) is 4.37. The highest BCUT2D eigenvalue weighted by molar-refractivity contribution is 7.87. The van der Waals surface area contributed by atoms with Gasteiger partial charge in [-0.25, -0.2) is 0 Å². The lowest BCUT2D eigenvalue weighted by Gasteiger charge is -2.43. The molecule has 1 aliphatic carbocycles. The Kier molecular flexibility index (Phi) is 4.74. The van der Waals surface area contributed by atoms with Crippen molar-refractivity contribution in [2.45, 2.75) is 38.6 Å². The van der Waals surface area contributed by atoms with E-state index in [0.29, 0.717) is 18.1 Å². The maximum absolute atomic E-state index is 12.4. The first-order valence-electron chi connectivity index (χ1n) is 6.98. The first-order chi connectivity index (χ1) is 9.43. The highest BCUT2D eigenvalue weighted by Gasteiger charge is 2.42. The second-order valence-corrected chi connectivity index (χ2v) is 7.24. The molecule has 0 aromatic heterocycles. The van der Waals surface area contributed by atoms with Crippen molar-refractivity contribution in [3.63, 3.8) is 0 Å². The molecule has 20 heavy (non-hydrogen) atoms. The van der Waals surface area contributed by atoms with Crippen LogP contribution in [0.25, 0.3) is 0 Å². The van der Waals surface area contributed by atoms with Gasteiger partial charge in [-0.15, -0.1) is 0 Å². The van der Waals surface area contributed by atoms with Gasteiger partial charge in [0.1, 0.15) is 0 Å². The molecular formula is C14H21ClN2O2S. The molecule has 0 heterocycles. The third-order valence-electron chi connectivity index (χ3n) is 3.97. The third-order valence-corrected chi connectivity index (χ3v) is 6.07. The Bertz CT molecular complexity index is 549. The average molecular weight is 317 g/mol. The van der Waals surface area contributed by atoms with Gasteiger partial charge in [-0.3, -0.25) is 0 Å². The predicted molar refractivity (Wildman–Crippen MR) is 82.0 cm³/mol. The Hall–Kier alpha value is -0.620. The summed E-state index contributed by atoms with van der Waals surface area (Å²) in [5.74, 6) is 0. The number of hydrogen-bond acceptors (Lipinski definition) is 2. The molecule has 1 saturated carbocycles. The second-order valence-electron chi connectivity index (χ2n) is 5.13. The summed E-state index contributed by atoms with van der Waals surface area (Å²) in [7, 11) is -3.45. The SMILES string of the molecule is CCN(CC)S(=O)(=O)NC1(c2ccc(Cl)cc2)CCC1. The average Bonchev–Trinajstić information content (AvgIpc) is 2.36. The molecule has 1 aromatic carbocycles. The quantitative estimate of drug-likeness (QED) is 0.877. The van der Waals surface area contributed by atoms with E-state index >= 15 is 0 Å². The van der Waals surface area contributed by atoms with Crippen LogP contribution in [0.5, 0.6) is 0 Å². The lowest BCUT2D eigenvalue weighted by molar-refractivity contribution is 0.218. The van der Waals surface area contributed by atoms with Gasteiger partial charge in [-0.05, 0) is 37.0 Å². The van der Waals surface area contributed by atoms with Crippen LogP contribution in [0.4, 0.5) is 0 Å². The molecule has 0 bridgehead atoms. The van der Waals surface area contributed by atoms with Gasteiger partial charge in [0.2, 0.25) is 0 Å². The van der Waals surface area contributed by atoms with E-state index in [4.69, 9.17) is 11.6 Å². The summed E-state index contributed by atoms with van der Waals surface area (Å²) < 4.78 is 29.2. The van der Waals surface area contributed by atoms with Crippen LogP contribution in [0.3, 0.4) is 0 Å². The van der Waals surface area contributed by atoms with E-state index in [9.17, 15) is 8.42 Å². The number of nitrogens with one attached hydrogen (secondary N) is 1. The van der Waals surface area contributed by atoms with E-state index in [1.165, 1.54) is 4.31 Å². The van der Waals surface area contributed by atoms with Crippen molar-refractivity contribution in [3.8, 4) is 0 Å². The summed E-state index contributed by atoms with van der Waals surface area (Å²) in [6.07, 6.45) is 2.69. The molecule has 2 rings (SSSR count). The summed E-state index contributed by atoms with van der Waals surface area (Å²) >= 11 is 5.90. The molecule has 0 saturated heterocycles. The van der Waals surface area contributed by atoms with Gasteiger partial charge >= 0.3 is 0 Å². The minimum atomic E-state index is -3.45. The van der Waals surface area contributed by atoms with E-state index in [0.717, 1.165) is 24.8 Å². The fourth-order valence-electron chi connectivity index (χ4n) is 2.62. The zero-order valence-electron chi connectivity index (χ0n) is 11.9. The molecule has 1 N–H and O–H groups in total. The monoisotopic (exact) mass is 316 g/mol. The van der Waals surface area contributed by atoms with Crippen molar-refractivity contribution < 1.29 is 8.42 Å². The number of halogens is 1. The topological polar surface area (TPSA) is 49.4 Å². The highest BCUT2D eigenvalue weighted by atomic mass is 35.5. The largest absolute Gasteiger partial charge is 0.280 e. The molecule has 112 valence electrons. The Morgan fingerprint density at radius 3 is 2.15 bits per heavy atom. The smallest absolute Gasteiger partial charge is 0.195 e. The van der Waals surface area contributed by atoms with Gasteiger partial charge in [0.05, 0.1) is 5.54 Å². The highest BCUT2D eigenvalue weighted by Crippen LogP contribution is 2.42. The molecule has 4 nitrogen and oxygen atoms in total.